The van der Waals surface area contributed by atoms with E-state index < -0.39 is 0 Å². The Kier molecular flexibility index (Phi) is 3.72. The molecule has 0 bridgehead atoms. The fourth-order valence-corrected chi connectivity index (χ4v) is 2.54. The van der Waals surface area contributed by atoms with E-state index in [0.717, 1.165) is 42.3 Å². The number of hydrogen-bond donors (Lipinski definition) is 1. The minimum atomic E-state index is 0.329. The van der Waals surface area contributed by atoms with Crippen LogP contribution in [0.15, 0.2) is 12.1 Å². The maximum atomic E-state index is 6.30. The lowest BCUT2D eigenvalue weighted by Crippen LogP contribution is -2.20. The average molecular weight is 240 g/mol. The van der Waals surface area contributed by atoms with Gasteiger partial charge in [0.1, 0.15) is 5.75 Å². The molecule has 1 atom stereocenters. The van der Waals surface area contributed by atoms with E-state index in [9.17, 15) is 0 Å². The van der Waals surface area contributed by atoms with Gasteiger partial charge in [-0.05, 0) is 37.9 Å². The van der Waals surface area contributed by atoms with Crippen LogP contribution in [0, 0.1) is 6.92 Å². The van der Waals surface area contributed by atoms with Gasteiger partial charge in [-0.25, -0.2) is 0 Å². The van der Waals surface area contributed by atoms with Gasteiger partial charge in [0.25, 0.3) is 0 Å². The largest absolute Gasteiger partial charge is 0.493 e. The van der Waals surface area contributed by atoms with Crippen LogP contribution in [0.5, 0.6) is 5.75 Å². The van der Waals surface area contributed by atoms with Crippen molar-refractivity contribution in [3.63, 3.8) is 0 Å². The Morgan fingerprint density at radius 2 is 2.31 bits per heavy atom. The van der Waals surface area contributed by atoms with Gasteiger partial charge in [-0.2, -0.15) is 0 Å². The third-order valence-electron chi connectivity index (χ3n) is 3.02. The van der Waals surface area contributed by atoms with E-state index in [0.29, 0.717) is 6.04 Å². The zero-order valence-electron chi connectivity index (χ0n) is 9.85. The molecule has 1 heterocycles. The first-order valence-corrected chi connectivity index (χ1v) is 6.27. The molecule has 16 heavy (non-hydrogen) atoms. The van der Waals surface area contributed by atoms with E-state index in [1.54, 1.807) is 0 Å². The van der Waals surface area contributed by atoms with Gasteiger partial charge < -0.3 is 10.1 Å². The fourth-order valence-electron chi connectivity index (χ4n) is 2.26. The van der Waals surface area contributed by atoms with Gasteiger partial charge >= 0.3 is 0 Å². The molecule has 3 heteroatoms. The molecular weight excluding hydrogens is 222 g/mol. The summed E-state index contributed by atoms with van der Waals surface area (Å²) in [6.07, 6.45) is 2.16. The van der Waals surface area contributed by atoms with Crippen LogP contribution in [0.4, 0.5) is 0 Å². The Balaban J connectivity index is 2.46. The number of rotatable bonds is 2. The number of hydrogen-bond acceptors (Lipinski definition) is 2. The number of ether oxygens (including phenoxy) is 1. The number of fused-ring (bicyclic) bond motifs is 1. The van der Waals surface area contributed by atoms with Crippen LogP contribution < -0.4 is 10.1 Å². The first-order chi connectivity index (χ1) is 7.74. The summed E-state index contributed by atoms with van der Waals surface area (Å²) < 4.78 is 5.81. The lowest BCUT2D eigenvalue weighted by Gasteiger charge is -2.20. The molecule has 0 saturated heterocycles. The Bertz CT molecular complexity index is 378. The van der Waals surface area contributed by atoms with Crippen molar-refractivity contribution >= 4 is 11.6 Å². The van der Waals surface area contributed by atoms with Gasteiger partial charge in [0, 0.05) is 16.6 Å². The quantitative estimate of drug-likeness (QED) is 0.853. The molecule has 2 rings (SSSR count). The molecule has 2 nitrogen and oxygen atoms in total. The van der Waals surface area contributed by atoms with Crippen LogP contribution in [0.1, 0.15) is 36.9 Å². The molecule has 0 aliphatic carbocycles. The maximum absolute atomic E-state index is 6.30. The van der Waals surface area contributed by atoms with Crippen molar-refractivity contribution in [2.45, 2.75) is 32.7 Å². The third-order valence-corrected chi connectivity index (χ3v) is 3.35. The monoisotopic (exact) mass is 239 g/mol. The van der Waals surface area contributed by atoms with E-state index >= 15 is 0 Å². The lowest BCUT2D eigenvalue weighted by molar-refractivity contribution is 0.313. The molecule has 1 aromatic rings. The molecule has 1 aliphatic heterocycles. The molecule has 0 saturated carbocycles. The summed E-state index contributed by atoms with van der Waals surface area (Å²) in [5, 5.41) is 4.30. The van der Waals surface area contributed by atoms with E-state index in [2.05, 4.69) is 19.2 Å². The number of benzene rings is 1. The first kappa shape index (κ1) is 11.7. The predicted octanol–water partition coefficient (Wildman–Crippen LogP) is 3.47. The normalized spacial score (nSPS) is 19.8. The van der Waals surface area contributed by atoms with Gasteiger partial charge in [-0.15, -0.1) is 0 Å². The average Bonchev–Trinajstić information content (AvgIpc) is 2.48. The zero-order chi connectivity index (χ0) is 11.5. The van der Waals surface area contributed by atoms with Crippen LogP contribution in [-0.4, -0.2) is 13.2 Å². The van der Waals surface area contributed by atoms with Crippen molar-refractivity contribution in [3.05, 3.63) is 28.3 Å². The molecule has 0 amide bonds. The van der Waals surface area contributed by atoms with Crippen molar-refractivity contribution in [3.8, 4) is 5.75 Å². The second-order valence-corrected chi connectivity index (χ2v) is 4.62. The van der Waals surface area contributed by atoms with Crippen molar-refractivity contribution in [2.75, 3.05) is 13.2 Å². The smallest absolute Gasteiger partial charge is 0.128 e. The van der Waals surface area contributed by atoms with E-state index in [-0.39, 0.29) is 0 Å². The first-order valence-electron chi connectivity index (χ1n) is 5.89. The zero-order valence-corrected chi connectivity index (χ0v) is 10.6. The molecule has 88 valence electrons. The predicted molar refractivity (Wildman–Crippen MR) is 67.3 cm³/mol. The summed E-state index contributed by atoms with van der Waals surface area (Å²) in [5.41, 5.74) is 2.31. The second-order valence-electron chi connectivity index (χ2n) is 4.21. The molecule has 1 aliphatic rings. The van der Waals surface area contributed by atoms with Crippen LogP contribution in [-0.2, 0) is 0 Å². The van der Waals surface area contributed by atoms with Crippen molar-refractivity contribution in [2.24, 2.45) is 0 Å². The highest BCUT2D eigenvalue weighted by molar-refractivity contribution is 6.31. The highest BCUT2D eigenvalue weighted by Crippen LogP contribution is 2.38. The van der Waals surface area contributed by atoms with Gasteiger partial charge in [-0.3, -0.25) is 0 Å². The number of halogens is 1. The summed E-state index contributed by atoms with van der Waals surface area (Å²) in [6.45, 7) is 5.93. The van der Waals surface area contributed by atoms with Gasteiger partial charge in [0.05, 0.1) is 6.61 Å². The summed E-state index contributed by atoms with van der Waals surface area (Å²) in [5.74, 6) is 0.982. The molecule has 1 N–H and O–H groups in total. The van der Waals surface area contributed by atoms with Crippen LogP contribution in [0.25, 0.3) is 0 Å². The van der Waals surface area contributed by atoms with Crippen LogP contribution in [0.3, 0.4) is 0 Å². The summed E-state index contributed by atoms with van der Waals surface area (Å²) >= 11 is 6.30. The minimum Gasteiger partial charge on any atom is -0.493 e. The summed E-state index contributed by atoms with van der Waals surface area (Å²) in [4.78, 5) is 0. The van der Waals surface area contributed by atoms with Crippen molar-refractivity contribution in [1.29, 1.82) is 0 Å². The van der Waals surface area contributed by atoms with Crippen molar-refractivity contribution in [1.82, 2.24) is 5.32 Å². The Morgan fingerprint density at radius 1 is 1.50 bits per heavy atom. The molecule has 1 aromatic carbocycles. The van der Waals surface area contributed by atoms with Gasteiger partial charge in [0.15, 0.2) is 0 Å². The Labute approximate surface area is 102 Å². The van der Waals surface area contributed by atoms with Gasteiger partial charge in [0.2, 0.25) is 0 Å². The second kappa shape index (κ2) is 5.07. The maximum Gasteiger partial charge on any atom is 0.128 e. The Morgan fingerprint density at radius 3 is 3.06 bits per heavy atom. The summed E-state index contributed by atoms with van der Waals surface area (Å²) in [6, 6.07) is 4.32. The highest BCUT2D eigenvalue weighted by atomic mass is 35.5. The number of aryl methyl sites for hydroxylation is 1. The molecule has 0 aromatic heterocycles. The fraction of sp³-hybridized carbons (Fsp3) is 0.538. The van der Waals surface area contributed by atoms with Crippen molar-refractivity contribution < 1.29 is 4.74 Å². The van der Waals surface area contributed by atoms with E-state index in [1.165, 1.54) is 5.56 Å². The number of nitrogens with one attached hydrogen (secondary N) is 1. The summed E-state index contributed by atoms with van der Waals surface area (Å²) in [7, 11) is 0. The van der Waals surface area contributed by atoms with E-state index in [1.807, 2.05) is 12.1 Å². The standard InChI is InChI=1S/C13H18ClNO/c1-3-15-11-5-4-8-16-13-9(2)6-7-10(14)12(11)13/h6-7,11,15H,3-5,8H2,1-2H3. The molecule has 1 unspecified atom stereocenters. The molecule has 0 fully saturated rings. The molecule has 0 spiro atoms. The van der Waals surface area contributed by atoms with Gasteiger partial charge in [-0.1, -0.05) is 24.6 Å². The lowest BCUT2D eigenvalue weighted by atomic mass is 9.99. The van der Waals surface area contributed by atoms with Crippen LogP contribution in [0.2, 0.25) is 5.02 Å². The minimum absolute atomic E-state index is 0.329. The Hall–Kier alpha value is -0.730. The van der Waals surface area contributed by atoms with E-state index in [4.69, 9.17) is 16.3 Å². The third kappa shape index (κ3) is 2.18. The van der Waals surface area contributed by atoms with Crippen LogP contribution >= 0.6 is 11.6 Å². The SMILES string of the molecule is CCNC1CCCOc2c(C)ccc(Cl)c21. The molecule has 0 radical (unpaired) electrons. The molecular formula is C13H18ClNO. The topological polar surface area (TPSA) is 21.3 Å². The highest BCUT2D eigenvalue weighted by Gasteiger charge is 2.23.